The lowest BCUT2D eigenvalue weighted by atomic mass is 10.3. The number of nitrogens with zero attached hydrogens (tertiary/aromatic N) is 1. The molecular formula is C17H16N2O2S. The standard InChI is InChI=1S/C17H16N2O2S/c1-19-14-10-13(21-2)8-9-15(14)22-17(19)11-16(20)18-12-6-4-3-5-7-12/h3-11H,1-2H3,(H,18,20)/b17-11-. The predicted octanol–water partition coefficient (Wildman–Crippen LogP) is 3.72. The van der Waals surface area contributed by atoms with Gasteiger partial charge in [-0.2, -0.15) is 0 Å². The first-order chi connectivity index (χ1) is 10.7. The van der Waals surface area contributed by atoms with E-state index < -0.39 is 0 Å². The van der Waals surface area contributed by atoms with E-state index in [4.69, 9.17) is 4.74 Å². The second-order valence-corrected chi connectivity index (χ2v) is 5.89. The molecule has 1 aliphatic rings. The van der Waals surface area contributed by atoms with Crippen LogP contribution in [0.25, 0.3) is 0 Å². The lowest BCUT2D eigenvalue weighted by molar-refractivity contribution is -0.111. The van der Waals surface area contributed by atoms with Crippen LogP contribution in [-0.2, 0) is 4.79 Å². The molecule has 1 N–H and O–H groups in total. The van der Waals surface area contributed by atoms with Crippen LogP contribution >= 0.6 is 11.8 Å². The fourth-order valence-electron chi connectivity index (χ4n) is 2.21. The molecule has 0 unspecified atom stereocenters. The summed E-state index contributed by atoms with van der Waals surface area (Å²) in [6.45, 7) is 0. The highest BCUT2D eigenvalue weighted by atomic mass is 32.2. The summed E-state index contributed by atoms with van der Waals surface area (Å²) in [6.07, 6.45) is 1.62. The topological polar surface area (TPSA) is 41.6 Å². The van der Waals surface area contributed by atoms with Crippen molar-refractivity contribution in [2.24, 2.45) is 0 Å². The molecule has 5 heteroatoms. The van der Waals surface area contributed by atoms with Gasteiger partial charge < -0.3 is 15.0 Å². The lowest BCUT2D eigenvalue weighted by Gasteiger charge is -2.14. The predicted molar refractivity (Wildman–Crippen MR) is 90.4 cm³/mol. The van der Waals surface area contributed by atoms with E-state index in [0.29, 0.717) is 0 Å². The lowest BCUT2D eigenvalue weighted by Crippen LogP contribution is -2.14. The fraction of sp³-hybridized carbons (Fsp3) is 0.118. The number of rotatable bonds is 3. The van der Waals surface area contributed by atoms with Gasteiger partial charge in [-0.1, -0.05) is 30.0 Å². The molecule has 22 heavy (non-hydrogen) atoms. The van der Waals surface area contributed by atoms with Crippen molar-refractivity contribution in [3.63, 3.8) is 0 Å². The van der Waals surface area contributed by atoms with Gasteiger partial charge in [-0.15, -0.1) is 0 Å². The zero-order valence-electron chi connectivity index (χ0n) is 12.4. The Balaban J connectivity index is 1.77. The number of thioether (sulfide) groups is 1. The van der Waals surface area contributed by atoms with Crippen molar-refractivity contribution in [2.75, 3.05) is 24.4 Å². The molecule has 1 aliphatic heterocycles. The van der Waals surface area contributed by atoms with Crippen molar-refractivity contribution in [3.05, 3.63) is 59.6 Å². The number of hydrogen-bond acceptors (Lipinski definition) is 4. The largest absolute Gasteiger partial charge is 0.497 e. The third kappa shape index (κ3) is 2.94. The molecule has 0 bridgehead atoms. The quantitative estimate of drug-likeness (QED) is 0.877. The Labute approximate surface area is 133 Å². The molecule has 0 spiro atoms. The summed E-state index contributed by atoms with van der Waals surface area (Å²) in [6, 6.07) is 15.3. The summed E-state index contributed by atoms with van der Waals surface area (Å²) in [5, 5.41) is 3.74. The van der Waals surface area contributed by atoms with Crippen LogP contribution in [0.15, 0.2) is 64.5 Å². The van der Waals surface area contributed by atoms with Crippen LogP contribution in [0.1, 0.15) is 0 Å². The van der Waals surface area contributed by atoms with Crippen molar-refractivity contribution in [1.82, 2.24) is 0 Å². The van der Waals surface area contributed by atoms with Gasteiger partial charge in [-0.25, -0.2) is 0 Å². The monoisotopic (exact) mass is 312 g/mol. The number of benzene rings is 2. The summed E-state index contributed by atoms with van der Waals surface area (Å²) in [4.78, 5) is 15.2. The molecule has 1 heterocycles. The number of ether oxygens (including phenoxy) is 1. The Morgan fingerprint density at radius 1 is 1.23 bits per heavy atom. The molecule has 0 fully saturated rings. The molecule has 3 rings (SSSR count). The highest BCUT2D eigenvalue weighted by Crippen LogP contribution is 2.46. The molecule has 1 amide bonds. The van der Waals surface area contributed by atoms with Crippen LogP contribution in [-0.4, -0.2) is 20.1 Å². The molecular weight excluding hydrogens is 296 g/mol. The third-order valence-corrected chi connectivity index (χ3v) is 4.53. The first-order valence-corrected chi connectivity index (χ1v) is 7.66. The maximum atomic E-state index is 12.1. The number of hydrogen-bond donors (Lipinski definition) is 1. The van der Waals surface area contributed by atoms with E-state index in [1.54, 1.807) is 24.9 Å². The molecule has 0 saturated heterocycles. The second kappa shape index (κ2) is 6.15. The van der Waals surface area contributed by atoms with Gasteiger partial charge in [0, 0.05) is 29.8 Å². The molecule has 0 aliphatic carbocycles. The van der Waals surface area contributed by atoms with E-state index in [9.17, 15) is 4.79 Å². The fourth-order valence-corrected chi connectivity index (χ4v) is 3.27. The molecule has 2 aromatic carbocycles. The Bertz CT molecular complexity index is 729. The van der Waals surface area contributed by atoms with Crippen LogP contribution < -0.4 is 15.0 Å². The van der Waals surface area contributed by atoms with Gasteiger partial charge in [0.1, 0.15) is 5.75 Å². The van der Waals surface area contributed by atoms with Gasteiger partial charge in [0.15, 0.2) is 0 Å². The van der Waals surface area contributed by atoms with Crippen molar-refractivity contribution in [3.8, 4) is 5.75 Å². The van der Waals surface area contributed by atoms with Gasteiger partial charge >= 0.3 is 0 Å². The van der Waals surface area contributed by atoms with E-state index in [0.717, 1.165) is 27.0 Å². The average molecular weight is 312 g/mol. The first kappa shape index (κ1) is 14.5. The summed E-state index contributed by atoms with van der Waals surface area (Å²) < 4.78 is 5.25. The number of carbonyl (C=O) groups excluding carboxylic acids is 1. The highest BCUT2D eigenvalue weighted by molar-refractivity contribution is 8.03. The van der Waals surface area contributed by atoms with Crippen molar-refractivity contribution < 1.29 is 9.53 Å². The molecule has 0 saturated carbocycles. The van der Waals surface area contributed by atoms with Crippen molar-refractivity contribution in [2.45, 2.75) is 4.90 Å². The van der Waals surface area contributed by atoms with E-state index in [-0.39, 0.29) is 5.91 Å². The molecule has 0 atom stereocenters. The molecule has 2 aromatic rings. The first-order valence-electron chi connectivity index (χ1n) is 6.85. The van der Waals surface area contributed by atoms with Crippen LogP contribution in [0.4, 0.5) is 11.4 Å². The SMILES string of the molecule is COc1ccc2c(c1)N(C)/C(=C/C(=O)Nc1ccccc1)S2. The number of fused-ring (bicyclic) bond motifs is 1. The summed E-state index contributed by atoms with van der Waals surface area (Å²) in [7, 11) is 3.59. The van der Waals surface area contributed by atoms with E-state index in [1.807, 2.05) is 60.5 Å². The van der Waals surface area contributed by atoms with Gasteiger partial charge in [-0.05, 0) is 24.3 Å². The average Bonchev–Trinajstić information content (AvgIpc) is 2.84. The van der Waals surface area contributed by atoms with Crippen LogP contribution in [0.5, 0.6) is 5.75 Å². The van der Waals surface area contributed by atoms with E-state index >= 15 is 0 Å². The Morgan fingerprint density at radius 2 is 2.00 bits per heavy atom. The van der Waals surface area contributed by atoms with Gasteiger partial charge in [0.25, 0.3) is 5.91 Å². The number of anilines is 2. The van der Waals surface area contributed by atoms with Gasteiger partial charge in [0.2, 0.25) is 0 Å². The Morgan fingerprint density at radius 3 is 2.73 bits per heavy atom. The summed E-state index contributed by atoms with van der Waals surface area (Å²) in [5.41, 5.74) is 1.83. The van der Waals surface area contributed by atoms with Crippen LogP contribution in [0, 0.1) is 0 Å². The van der Waals surface area contributed by atoms with Crippen molar-refractivity contribution in [1.29, 1.82) is 0 Å². The van der Waals surface area contributed by atoms with Crippen LogP contribution in [0.3, 0.4) is 0 Å². The maximum Gasteiger partial charge on any atom is 0.251 e. The number of nitrogens with one attached hydrogen (secondary N) is 1. The second-order valence-electron chi connectivity index (χ2n) is 4.83. The Kier molecular flexibility index (Phi) is 4.06. The number of para-hydroxylation sites is 1. The zero-order valence-corrected chi connectivity index (χ0v) is 13.2. The normalized spacial score (nSPS) is 14.8. The van der Waals surface area contributed by atoms with Gasteiger partial charge in [0.05, 0.1) is 17.8 Å². The minimum atomic E-state index is -0.139. The van der Waals surface area contributed by atoms with E-state index in [2.05, 4.69) is 5.32 Å². The minimum absolute atomic E-state index is 0.139. The van der Waals surface area contributed by atoms with Crippen LogP contribution in [0.2, 0.25) is 0 Å². The maximum absolute atomic E-state index is 12.1. The zero-order chi connectivity index (χ0) is 15.5. The minimum Gasteiger partial charge on any atom is -0.497 e. The number of amides is 1. The van der Waals surface area contributed by atoms with Crippen molar-refractivity contribution >= 4 is 29.0 Å². The smallest absolute Gasteiger partial charge is 0.251 e. The number of methoxy groups -OCH3 is 1. The summed E-state index contributed by atoms with van der Waals surface area (Å²) >= 11 is 1.57. The third-order valence-electron chi connectivity index (χ3n) is 3.37. The highest BCUT2D eigenvalue weighted by Gasteiger charge is 2.23. The molecule has 0 aromatic heterocycles. The molecule has 112 valence electrons. The molecule has 0 radical (unpaired) electrons. The number of carbonyl (C=O) groups is 1. The Hall–Kier alpha value is -2.40. The summed E-state index contributed by atoms with van der Waals surface area (Å²) in [5.74, 6) is 0.668. The van der Waals surface area contributed by atoms with E-state index in [1.165, 1.54) is 0 Å². The van der Waals surface area contributed by atoms with Gasteiger partial charge in [-0.3, -0.25) is 4.79 Å². The molecule has 4 nitrogen and oxygen atoms in total.